The molecule has 2 atom stereocenters. The van der Waals surface area contributed by atoms with E-state index in [9.17, 15) is 4.79 Å². The molecule has 0 aromatic rings. The van der Waals surface area contributed by atoms with Gasteiger partial charge < -0.3 is 0 Å². The minimum absolute atomic E-state index is 0.124. The van der Waals surface area contributed by atoms with Crippen molar-refractivity contribution in [1.29, 1.82) is 0 Å². The van der Waals surface area contributed by atoms with Crippen LogP contribution < -0.4 is 0 Å². The molecule has 0 bridgehead atoms. The molecular weight excluding hydrogens is 220 g/mol. The third-order valence-corrected chi connectivity index (χ3v) is 2.41. The highest BCUT2D eigenvalue weighted by Crippen LogP contribution is 2.00. The first-order valence-electron chi connectivity index (χ1n) is 6.22. The van der Waals surface area contributed by atoms with Crippen molar-refractivity contribution in [2.45, 2.75) is 26.7 Å². The fraction of sp³-hybridized carbons (Fsp3) is 0.353. The van der Waals surface area contributed by atoms with Gasteiger partial charge in [0.15, 0.2) is 5.78 Å². The summed E-state index contributed by atoms with van der Waals surface area (Å²) in [5, 5.41) is 0. The van der Waals surface area contributed by atoms with Crippen LogP contribution in [0.3, 0.4) is 0 Å². The molecule has 0 amide bonds. The maximum Gasteiger partial charge on any atom is 0.159 e. The van der Waals surface area contributed by atoms with Crippen molar-refractivity contribution in [2.75, 3.05) is 0 Å². The number of carbonyl (C=O) groups excluding carboxylic acids is 1. The Morgan fingerprint density at radius 2 is 1.61 bits per heavy atom. The SMILES string of the molecule is CC1C#CC#CC(C)/C=C/CC(=O)/C=C/C/C=C\1. The zero-order valence-electron chi connectivity index (χ0n) is 10.9. The molecule has 92 valence electrons. The van der Waals surface area contributed by atoms with E-state index in [0.29, 0.717) is 6.42 Å². The first-order valence-corrected chi connectivity index (χ1v) is 6.22. The van der Waals surface area contributed by atoms with Gasteiger partial charge in [-0.15, -0.1) is 0 Å². The van der Waals surface area contributed by atoms with Crippen LogP contribution in [0, 0.1) is 35.5 Å². The summed E-state index contributed by atoms with van der Waals surface area (Å²) >= 11 is 0. The van der Waals surface area contributed by atoms with Crippen LogP contribution in [0.25, 0.3) is 0 Å². The van der Waals surface area contributed by atoms with Crippen molar-refractivity contribution >= 4 is 5.78 Å². The van der Waals surface area contributed by atoms with Gasteiger partial charge in [-0.2, -0.15) is 0 Å². The van der Waals surface area contributed by atoms with Crippen molar-refractivity contribution in [3.8, 4) is 23.7 Å². The Labute approximate surface area is 110 Å². The topological polar surface area (TPSA) is 17.1 Å². The van der Waals surface area contributed by atoms with Crippen LogP contribution >= 0.6 is 0 Å². The van der Waals surface area contributed by atoms with Crippen LogP contribution in [-0.4, -0.2) is 5.78 Å². The maximum absolute atomic E-state index is 11.5. The summed E-state index contributed by atoms with van der Waals surface area (Å²) in [6.07, 6.45) is 12.6. The summed E-state index contributed by atoms with van der Waals surface area (Å²) in [5.41, 5.74) is 0. The Morgan fingerprint density at radius 3 is 2.28 bits per heavy atom. The van der Waals surface area contributed by atoms with Gasteiger partial charge in [0, 0.05) is 18.3 Å². The molecule has 1 heteroatoms. The first kappa shape index (κ1) is 14.1. The molecule has 18 heavy (non-hydrogen) atoms. The smallest absolute Gasteiger partial charge is 0.159 e. The Balaban J connectivity index is 2.80. The molecule has 1 aliphatic rings. The summed E-state index contributed by atoms with van der Waals surface area (Å²) in [7, 11) is 0. The third kappa shape index (κ3) is 6.56. The maximum atomic E-state index is 11.5. The molecule has 0 saturated carbocycles. The van der Waals surface area contributed by atoms with E-state index >= 15 is 0 Å². The van der Waals surface area contributed by atoms with Crippen molar-refractivity contribution < 1.29 is 4.79 Å². The summed E-state index contributed by atoms with van der Waals surface area (Å²) in [6, 6.07) is 0. The normalized spacial score (nSPS) is 29.6. The van der Waals surface area contributed by atoms with E-state index in [-0.39, 0.29) is 17.6 Å². The third-order valence-electron chi connectivity index (χ3n) is 2.41. The van der Waals surface area contributed by atoms with Gasteiger partial charge in [-0.25, -0.2) is 0 Å². The predicted molar refractivity (Wildman–Crippen MR) is 75.5 cm³/mol. The molecule has 0 heterocycles. The second-order valence-electron chi connectivity index (χ2n) is 4.28. The van der Waals surface area contributed by atoms with Crippen molar-refractivity contribution in [3.05, 3.63) is 36.5 Å². The van der Waals surface area contributed by atoms with Crippen LogP contribution in [0.4, 0.5) is 0 Å². The summed E-state index contributed by atoms with van der Waals surface area (Å²) in [5.74, 6) is 12.2. The highest BCUT2D eigenvalue weighted by molar-refractivity contribution is 5.90. The van der Waals surface area contributed by atoms with E-state index in [4.69, 9.17) is 0 Å². The van der Waals surface area contributed by atoms with Gasteiger partial charge in [-0.1, -0.05) is 42.2 Å². The van der Waals surface area contributed by atoms with E-state index in [1.807, 2.05) is 44.2 Å². The van der Waals surface area contributed by atoms with E-state index in [1.54, 1.807) is 6.08 Å². The lowest BCUT2D eigenvalue weighted by Gasteiger charge is -1.92. The van der Waals surface area contributed by atoms with Crippen molar-refractivity contribution in [2.24, 2.45) is 11.8 Å². The van der Waals surface area contributed by atoms with Gasteiger partial charge in [-0.05, 0) is 38.2 Å². The number of hydrogen-bond acceptors (Lipinski definition) is 1. The monoisotopic (exact) mass is 238 g/mol. The Kier molecular flexibility index (Phi) is 6.37. The van der Waals surface area contributed by atoms with E-state index in [1.165, 1.54) is 0 Å². The highest BCUT2D eigenvalue weighted by Gasteiger charge is 1.94. The Hall–Kier alpha value is -1.99. The predicted octanol–water partition coefficient (Wildman–Crippen LogP) is 3.30. The lowest BCUT2D eigenvalue weighted by Crippen LogP contribution is -1.90. The molecule has 1 nitrogen and oxygen atoms in total. The summed E-state index contributed by atoms with van der Waals surface area (Å²) < 4.78 is 0. The first-order chi connectivity index (χ1) is 8.68. The quantitative estimate of drug-likeness (QED) is 0.467. The molecule has 0 aromatic carbocycles. The molecular formula is C17H18O. The molecule has 0 N–H and O–H groups in total. The van der Waals surface area contributed by atoms with Crippen LogP contribution in [-0.2, 0) is 4.79 Å². The highest BCUT2D eigenvalue weighted by atomic mass is 16.1. The average molecular weight is 238 g/mol. The Bertz CT molecular complexity index is 483. The lowest BCUT2D eigenvalue weighted by atomic mass is 10.1. The van der Waals surface area contributed by atoms with Crippen molar-refractivity contribution in [1.82, 2.24) is 0 Å². The summed E-state index contributed by atoms with van der Waals surface area (Å²) in [6.45, 7) is 4.02. The van der Waals surface area contributed by atoms with Gasteiger partial charge in [0.25, 0.3) is 0 Å². The number of allylic oxidation sites excluding steroid dienone is 6. The van der Waals surface area contributed by atoms with Gasteiger partial charge in [-0.3, -0.25) is 4.79 Å². The number of carbonyl (C=O) groups is 1. The number of ketones is 1. The minimum atomic E-state index is 0.124. The molecule has 0 radical (unpaired) electrons. The number of rotatable bonds is 0. The van der Waals surface area contributed by atoms with E-state index < -0.39 is 0 Å². The largest absolute Gasteiger partial charge is 0.295 e. The molecule has 0 saturated heterocycles. The van der Waals surface area contributed by atoms with E-state index in [2.05, 4.69) is 23.7 Å². The lowest BCUT2D eigenvalue weighted by molar-refractivity contribution is -0.113. The number of hydrogen-bond donors (Lipinski definition) is 0. The molecule has 0 aromatic heterocycles. The molecule has 0 spiro atoms. The van der Waals surface area contributed by atoms with Crippen LogP contribution in [0.15, 0.2) is 36.5 Å². The van der Waals surface area contributed by atoms with Crippen LogP contribution in [0.2, 0.25) is 0 Å². The average Bonchev–Trinajstić information content (AvgIpc) is 2.34. The second-order valence-corrected chi connectivity index (χ2v) is 4.28. The standard InChI is InChI=1S/C17H18O/c1-15-9-4-3-5-13-17(18)14-8-12-16(2)11-7-6-10-15/h4-5,8-9,12-13,15-16H,3,14H2,1-2H3/b9-4-,12-8+,13-5+. The minimum Gasteiger partial charge on any atom is -0.295 e. The van der Waals surface area contributed by atoms with Gasteiger partial charge in [0.2, 0.25) is 0 Å². The zero-order valence-corrected chi connectivity index (χ0v) is 10.9. The molecule has 1 aliphatic carbocycles. The molecule has 0 aliphatic heterocycles. The summed E-state index contributed by atoms with van der Waals surface area (Å²) in [4.78, 5) is 11.5. The van der Waals surface area contributed by atoms with Crippen molar-refractivity contribution in [3.63, 3.8) is 0 Å². The zero-order chi connectivity index (χ0) is 13.2. The molecule has 0 fully saturated rings. The van der Waals surface area contributed by atoms with Gasteiger partial charge in [0.1, 0.15) is 0 Å². The van der Waals surface area contributed by atoms with Gasteiger partial charge >= 0.3 is 0 Å². The van der Waals surface area contributed by atoms with Gasteiger partial charge in [0.05, 0.1) is 0 Å². The Morgan fingerprint density at radius 1 is 1.00 bits per heavy atom. The second kappa shape index (κ2) is 8.15. The van der Waals surface area contributed by atoms with Crippen LogP contribution in [0.1, 0.15) is 26.7 Å². The van der Waals surface area contributed by atoms with Crippen LogP contribution in [0.5, 0.6) is 0 Å². The van der Waals surface area contributed by atoms with E-state index in [0.717, 1.165) is 6.42 Å². The molecule has 2 unspecified atom stereocenters. The molecule has 1 rings (SSSR count). The fourth-order valence-electron chi connectivity index (χ4n) is 1.41. The fourth-order valence-corrected chi connectivity index (χ4v) is 1.41.